The van der Waals surface area contributed by atoms with Crippen molar-refractivity contribution in [2.75, 3.05) is 25.1 Å². The average Bonchev–Trinajstić information content (AvgIpc) is 3.50. The first-order valence-corrected chi connectivity index (χ1v) is 21.1. The third-order valence-electron chi connectivity index (χ3n) is 8.99. The third-order valence-corrected chi connectivity index (χ3v) is 11.4. The van der Waals surface area contributed by atoms with Crippen LogP contribution in [-0.4, -0.2) is 113 Å². The molecule has 7 atom stereocenters. The minimum atomic E-state index is -1.57. The van der Waals surface area contributed by atoms with Crippen LogP contribution in [0.1, 0.15) is 69.2 Å². The number of aliphatic hydroxyl groups is 1. The normalized spacial score (nSPS) is 16.4. The lowest BCUT2D eigenvalue weighted by Gasteiger charge is -2.29. The van der Waals surface area contributed by atoms with Gasteiger partial charge in [-0.25, -0.2) is 0 Å². The van der Waals surface area contributed by atoms with E-state index in [1.807, 2.05) is 38.2 Å². The van der Waals surface area contributed by atoms with Crippen LogP contribution in [0.25, 0.3) is 6.08 Å². The zero-order chi connectivity index (χ0) is 41.8. The fraction of sp³-hybridized carbons (Fsp3) is 0.568. The Morgan fingerprint density at radius 1 is 0.964 bits per heavy atom. The van der Waals surface area contributed by atoms with Crippen molar-refractivity contribution in [1.29, 1.82) is 5.41 Å². The molecule has 0 radical (unpaired) electrons. The molecule has 14 N–H and O–H groups in total. The molecule has 2 rings (SSSR count). The minimum absolute atomic E-state index is 0.0145. The van der Waals surface area contributed by atoms with Crippen LogP contribution in [0.3, 0.4) is 0 Å². The molecule has 0 aliphatic heterocycles. The Balaban J connectivity index is 2.19. The summed E-state index contributed by atoms with van der Waals surface area (Å²) < 4.78 is 0. The summed E-state index contributed by atoms with van der Waals surface area (Å²) in [4.78, 5) is 69.1. The molecule has 1 heterocycles. The van der Waals surface area contributed by atoms with Gasteiger partial charge in [-0.3, -0.25) is 24.0 Å². The number of primary amides is 1. The van der Waals surface area contributed by atoms with Crippen molar-refractivity contribution in [1.82, 2.24) is 31.6 Å². The summed E-state index contributed by atoms with van der Waals surface area (Å²) in [6, 6.07) is -6.71. The summed E-state index contributed by atoms with van der Waals surface area (Å²) in [5.41, 5.74) is 21.2. The van der Waals surface area contributed by atoms with Gasteiger partial charge in [0.2, 0.25) is 29.5 Å². The predicted molar refractivity (Wildman–Crippen MR) is 220 cm³/mol. The van der Waals surface area contributed by atoms with Gasteiger partial charge in [-0.15, -0.1) is 0 Å². The van der Waals surface area contributed by atoms with E-state index in [2.05, 4.69) is 37.6 Å². The average molecular weight is 820 g/mol. The Morgan fingerprint density at radius 3 is 2.16 bits per heavy atom. The molecule has 312 valence electrons. The number of unbranched alkanes of at least 4 members (excludes halogenated alkanes) is 1. The van der Waals surface area contributed by atoms with E-state index >= 15 is 0 Å². The van der Waals surface area contributed by atoms with Gasteiger partial charge >= 0.3 is 0 Å². The van der Waals surface area contributed by atoms with E-state index in [-0.39, 0.29) is 24.3 Å². The number of carbonyl (C=O) groups is 5. The topological polar surface area (TPSA) is 306 Å². The number of allylic oxidation sites excluding steroid dienone is 4. The van der Waals surface area contributed by atoms with Gasteiger partial charge in [0.25, 0.3) is 0 Å². The third kappa shape index (κ3) is 16.1. The van der Waals surface area contributed by atoms with Crippen LogP contribution in [0, 0.1) is 12.3 Å². The molecule has 6 unspecified atom stereocenters. The molecule has 0 fully saturated rings. The highest BCUT2D eigenvalue weighted by atomic mass is 33.1. The Labute approximate surface area is 336 Å². The van der Waals surface area contributed by atoms with Gasteiger partial charge in [0.05, 0.1) is 24.2 Å². The number of carbonyl (C=O) groups excluding carboxylic acids is 5. The first-order chi connectivity index (χ1) is 26.6. The molecule has 1 aromatic heterocycles. The van der Waals surface area contributed by atoms with Crippen molar-refractivity contribution >= 4 is 63.1 Å². The number of aryl methyl sites for hydroxylation is 1. The van der Waals surface area contributed by atoms with Crippen molar-refractivity contribution in [3.8, 4) is 0 Å². The Hall–Kier alpha value is -4.14. The largest absolute Gasteiger partial charge is 0.861 e. The second-order valence-electron chi connectivity index (χ2n) is 13.5. The number of nitrogens with two attached hydrogens (primary N) is 3. The quantitative estimate of drug-likeness (QED) is 0.0236. The van der Waals surface area contributed by atoms with Crippen molar-refractivity contribution in [2.45, 2.75) is 108 Å². The van der Waals surface area contributed by atoms with Gasteiger partial charge in [0, 0.05) is 23.4 Å². The minimum Gasteiger partial charge on any atom is -0.861 e. The lowest BCUT2D eigenvalue weighted by atomic mass is 9.99. The molecule has 17 nitrogen and oxygen atoms in total. The van der Waals surface area contributed by atoms with Crippen LogP contribution in [-0.2, 0) is 30.4 Å². The van der Waals surface area contributed by atoms with E-state index in [0.29, 0.717) is 25.8 Å². The molecule has 0 spiro atoms. The van der Waals surface area contributed by atoms with Crippen molar-refractivity contribution in [2.24, 2.45) is 17.2 Å². The van der Waals surface area contributed by atoms with Gasteiger partial charge in [0.1, 0.15) is 18.1 Å². The van der Waals surface area contributed by atoms with Crippen LogP contribution in [0.2, 0.25) is 0 Å². The number of hydrogen-bond acceptors (Lipinski definition) is 13. The highest BCUT2D eigenvalue weighted by Crippen LogP contribution is 2.24. The maximum absolute atomic E-state index is 13.8. The lowest BCUT2D eigenvalue weighted by Crippen LogP contribution is -2.60. The van der Waals surface area contributed by atoms with Crippen molar-refractivity contribution in [3.05, 3.63) is 52.9 Å². The van der Waals surface area contributed by atoms with Gasteiger partial charge in [-0.05, 0) is 96.3 Å². The molecule has 0 bridgehead atoms. The second-order valence-corrected chi connectivity index (χ2v) is 16.1. The molecule has 1 aliphatic carbocycles. The SMILES string of the molecule is C/C=C\c1c(CC(N)C(=O)NC(CCCCN)C(=O)NC(CSSCC(NC(=O)C(CC2=CCCC=C2)NC)C(N)=O)C(=O)NC(C(=N)[O-])[C@@H](C)O)c[nH]c1C. The Bertz CT molecular complexity index is 1580. The Kier molecular flexibility index (Phi) is 21.6. The molecule has 1 aromatic rings. The molecule has 56 heavy (non-hydrogen) atoms. The standard InChI is InChI=1S/C37H60N10O7S2/c1-5-11-25-21(2)43-18-24(25)17-26(39)34(51)44-27(14-9-10-15-38)35(52)46-30(37(54)47-31(22(3)48)33(41)50)20-56-55-19-29(32(40)49)45-36(53)28(42-4)16-23-12-7-6-8-13-23/h5,7,11-13,18,22,26-31,42-43,48H,6,8-10,14-17,19-20,38-39H2,1-4H3,(H2,40,49)(H2,41,50)(H,44,51)(H,45,53)(H,46,52)(H,47,54)/p-1/b11-5-/t22-,26?,27?,28?,29?,30?,31?/m1/s1. The number of hydrogen-bond donors (Lipinski definition) is 11. The Morgan fingerprint density at radius 2 is 1.59 bits per heavy atom. The highest BCUT2D eigenvalue weighted by molar-refractivity contribution is 8.76. The van der Waals surface area contributed by atoms with Gasteiger partial charge in [0.15, 0.2) is 0 Å². The smallest absolute Gasteiger partial charge is 0.244 e. The maximum atomic E-state index is 13.8. The maximum Gasteiger partial charge on any atom is 0.244 e. The molecule has 0 saturated carbocycles. The second kappa shape index (κ2) is 25.2. The lowest BCUT2D eigenvalue weighted by molar-refractivity contribution is -0.225. The van der Waals surface area contributed by atoms with Crippen LogP contribution >= 0.6 is 21.6 Å². The number of nitrogens with one attached hydrogen (secondary N) is 7. The summed E-state index contributed by atoms with van der Waals surface area (Å²) in [5.74, 6) is -4.71. The molecule has 1 aliphatic rings. The zero-order valence-corrected chi connectivity index (χ0v) is 34.2. The highest BCUT2D eigenvalue weighted by Gasteiger charge is 2.31. The van der Waals surface area contributed by atoms with E-state index in [1.165, 1.54) is 6.92 Å². The predicted octanol–water partition coefficient (Wildman–Crippen LogP) is -0.866. The first kappa shape index (κ1) is 48.0. The molecular weight excluding hydrogens is 761 g/mol. The number of aliphatic hydroxyl groups excluding tert-OH is 1. The molecule has 0 saturated heterocycles. The monoisotopic (exact) mass is 819 g/mol. The van der Waals surface area contributed by atoms with Gasteiger partial charge in [-0.1, -0.05) is 57.5 Å². The van der Waals surface area contributed by atoms with Crippen LogP contribution < -0.4 is 48.9 Å². The van der Waals surface area contributed by atoms with Gasteiger partial charge in [-0.2, -0.15) is 0 Å². The number of aromatic nitrogens is 1. The van der Waals surface area contributed by atoms with E-state index in [0.717, 1.165) is 56.8 Å². The van der Waals surface area contributed by atoms with Crippen LogP contribution in [0.15, 0.2) is 36.1 Å². The molecule has 19 heteroatoms. The van der Waals surface area contributed by atoms with Gasteiger partial charge < -0.3 is 64.4 Å². The molecule has 5 amide bonds. The fourth-order valence-electron chi connectivity index (χ4n) is 5.72. The van der Waals surface area contributed by atoms with E-state index < -0.39 is 77.8 Å². The molecular formula is C37H59N10O7S2-. The summed E-state index contributed by atoms with van der Waals surface area (Å²) in [5, 5.41) is 42.7. The number of amides is 5. The number of likely N-dealkylation sites (N-methyl/N-ethyl adjacent to an activating group) is 1. The van der Waals surface area contributed by atoms with E-state index in [9.17, 15) is 34.2 Å². The molecule has 0 aromatic carbocycles. The van der Waals surface area contributed by atoms with Crippen molar-refractivity contribution < 1.29 is 34.2 Å². The summed E-state index contributed by atoms with van der Waals surface area (Å²) in [6.07, 6.45) is 13.8. The number of aromatic amines is 1. The number of H-pyrrole nitrogens is 1. The van der Waals surface area contributed by atoms with Crippen LogP contribution in [0.4, 0.5) is 0 Å². The van der Waals surface area contributed by atoms with Crippen LogP contribution in [0.5, 0.6) is 0 Å². The fourth-order valence-corrected chi connectivity index (χ4v) is 8.06. The summed E-state index contributed by atoms with van der Waals surface area (Å²) in [7, 11) is 3.82. The van der Waals surface area contributed by atoms with Crippen molar-refractivity contribution in [3.63, 3.8) is 0 Å². The number of rotatable bonds is 26. The summed E-state index contributed by atoms with van der Waals surface area (Å²) in [6.45, 7) is 5.36. The van der Waals surface area contributed by atoms with E-state index in [4.69, 9.17) is 22.6 Å². The first-order valence-electron chi connectivity index (χ1n) is 18.6. The summed E-state index contributed by atoms with van der Waals surface area (Å²) >= 11 is 0. The van der Waals surface area contributed by atoms with E-state index in [1.54, 1.807) is 13.2 Å². The zero-order valence-electron chi connectivity index (χ0n) is 32.5.